The molecule has 2 rings (SSSR count). The highest BCUT2D eigenvalue weighted by molar-refractivity contribution is 14.0. The van der Waals surface area contributed by atoms with Gasteiger partial charge in [0.15, 0.2) is 5.96 Å². The minimum absolute atomic E-state index is 0. The summed E-state index contributed by atoms with van der Waals surface area (Å²) in [5.74, 6) is 0.804. The van der Waals surface area contributed by atoms with E-state index in [9.17, 15) is 4.79 Å². The minimum atomic E-state index is -0.157. The molecule has 3 N–H and O–H groups in total. The summed E-state index contributed by atoms with van der Waals surface area (Å²) in [5, 5.41) is 5.55. The normalized spacial score (nSPS) is 18.2. The van der Waals surface area contributed by atoms with Crippen LogP contribution < -0.4 is 11.1 Å². The number of hydrogen-bond donors (Lipinski definition) is 2. The number of nitrogens with zero attached hydrogens (tertiary/aromatic N) is 3. The lowest BCUT2D eigenvalue weighted by atomic mass is 9.97. The molecule has 2 heterocycles. The van der Waals surface area contributed by atoms with Crippen molar-refractivity contribution >= 4 is 47.2 Å². The van der Waals surface area contributed by atoms with E-state index in [-0.39, 0.29) is 35.8 Å². The number of nitrogens with two attached hydrogens (primary N) is 1. The van der Waals surface area contributed by atoms with Crippen LogP contribution in [0, 0.1) is 5.92 Å². The number of primary amides is 1. The maximum Gasteiger partial charge on any atom is 0.221 e. The average Bonchev–Trinajstić information content (AvgIpc) is 3.13. The van der Waals surface area contributed by atoms with E-state index in [2.05, 4.69) is 44.7 Å². The van der Waals surface area contributed by atoms with E-state index in [0.717, 1.165) is 64.4 Å². The monoisotopic (exact) mass is 493 g/mol. The summed E-state index contributed by atoms with van der Waals surface area (Å²) in [6.07, 6.45) is 4.07. The van der Waals surface area contributed by atoms with Gasteiger partial charge in [0.1, 0.15) is 0 Å². The highest BCUT2D eigenvalue weighted by Crippen LogP contribution is 2.15. The van der Waals surface area contributed by atoms with Crippen molar-refractivity contribution in [3.63, 3.8) is 0 Å². The van der Waals surface area contributed by atoms with Gasteiger partial charge in [-0.25, -0.2) is 0 Å². The van der Waals surface area contributed by atoms with E-state index in [1.165, 1.54) is 4.88 Å². The number of hydrogen-bond acceptors (Lipinski definition) is 4. The van der Waals surface area contributed by atoms with Crippen LogP contribution >= 0.6 is 35.3 Å². The number of carbonyl (C=O) groups excluding carboxylic acids is 1. The number of likely N-dealkylation sites (N-methyl/N-ethyl adjacent to an activating group) is 1. The van der Waals surface area contributed by atoms with Gasteiger partial charge in [-0.05, 0) is 50.2 Å². The summed E-state index contributed by atoms with van der Waals surface area (Å²) in [7, 11) is 3.90. The molecule has 1 aliphatic heterocycles. The van der Waals surface area contributed by atoms with E-state index < -0.39 is 0 Å². The Morgan fingerprint density at radius 2 is 2.35 bits per heavy atom. The molecule has 1 amide bonds. The predicted octanol–water partition coefficient (Wildman–Crippen LogP) is 2.00. The van der Waals surface area contributed by atoms with Crippen LogP contribution in [0.3, 0.4) is 0 Å². The van der Waals surface area contributed by atoms with Crippen LogP contribution in [-0.2, 0) is 11.2 Å². The number of rotatable bonds is 8. The zero-order valence-electron chi connectivity index (χ0n) is 15.8. The molecular formula is C18H32IN5OS. The summed E-state index contributed by atoms with van der Waals surface area (Å²) >= 11 is 1.80. The molecule has 0 aromatic carbocycles. The summed E-state index contributed by atoms with van der Waals surface area (Å²) in [4.78, 5) is 21.6. The number of nitrogens with one attached hydrogen (secondary N) is 1. The van der Waals surface area contributed by atoms with E-state index in [1.54, 1.807) is 11.3 Å². The molecule has 1 fully saturated rings. The van der Waals surface area contributed by atoms with Crippen LogP contribution in [0.15, 0.2) is 22.5 Å². The average molecular weight is 493 g/mol. The van der Waals surface area contributed by atoms with Crippen LogP contribution in [-0.4, -0.2) is 68.5 Å². The molecule has 8 heteroatoms. The van der Waals surface area contributed by atoms with Crippen molar-refractivity contribution in [1.29, 1.82) is 0 Å². The molecule has 0 saturated carbocycles. The van der Waals surface area contributed by atoms with Gasteiger partial charge in [-0.15, -0.1) is 35.3 Å². The maximum atomic E-state index is 11.3. The first-order valence-electron chi connectivity index (χ1n) is 9.06. The molecule has 1 aromatic heterocycles. The lowest BCUT2D eigenvalue weighted by Gasteiger charge is -2.31. The van der Waals surface area contributed by atoms with E-state index >= 15 is 0 Å². The Morgan fingerprint density at radius 3 is 3.00 bits per heavy atom. The Balaban J connectivity index is 0.00000338. The smallest absolute Gasteiger partial charge is 0.221 e. The van der Waals surface area contributed by atoms with Crippen molar-refractivity contribution in [1.82, 2.24) is 15.1 Å². The Morgan fingerprint density at radius 1 is 1.54 bits per heavy atom. The third-order valence-corrected chi connectivity index (χ3v) is 5.63. The molecule has 1 atom stereocenters. The zero-order valence-corrected chi connectivity index (χ0v) is 19.0. The fourth-order valence-electron chi connectivity index (χ4n) is 3.22. The van der Waals surface area contributed by atoms with Crippen LogP contribution in [0.25, 0.3) is 0 Å². The number of thiophene rings is 1. The molecule has 26 heavy (non-hydrogen) atoms. The van der Waals surface area contributed by atoms with Crippen molar-refractivity contribution in [2.24, 2.45) is 16.6 Å². The molecule has 0 bridgehead atoms. The molecule has 1 aromatic rings. The largest absolute Gasteiger partial charge is 0.369 e. The van der Waals surface area contributed by atoms with E-state index in [0.29, 0.717) is 0 Å². The number of amides is 1. The van der Waals surface area contributed by atoms with Crippen LogP contribution in [0.1, 0.15) is 24.1 Å². The van der Waals surface area contributed by atoms with Gasteiger partial charge in [-0.1, -0.05) is 6.07 Å². The number of aliphatic imine (C=N–C) groups is 1. The maximum absolute atomic E-state index is 11.3. The fraction of sp³-hybridized carbons (Fsp3) is 0.667. The summed E-state index contributed by atoms with van der Waals surface area (Å²) in [5.41, 5.74) is 5.44. The van der Waals surface area contributed by atoms with Gasteiger partial charge in [-0.3, -0.25) is 9.79 Å². The van der Waals surface area contributed by atoms with Crippen LogP contribution in [0.5, 0.6) is 0 Å². The van der Waals surface area contributed by atoms with Gasteiger partial charge < -0.3 is 20.9 Å². The first-order chi connectivity index (χ1) is 12.1. The summed E-state index contributed by atoms with van der Waals surface area (Å²) < 4.78 is 0. The number of halogens is 1. The van der Waals surface area contributed by atoms with Gasteiger partial charge in [0.2, 0.25) is 5.91 Å². The lowest BCUT2D eigenvalue weighted by Crippen LogP contribution is -2.43. The lowest BCUT2D eigenvalue weighted by molar-refractivity contribution is -0.123. The van der Waals surface area contributed by atoms with Crippen molar-refractivity contribution in [2.45, 2.75) is 25.7 Å². The minimum Gasteiger partial charge on any atom is -0.369 e. The van der Waals surface area contributed by atoms with Gasteiger partial charge in [-0.2, -0.15) is 0 Å². The topological polar surface area (TPSA) is 74.0 Å². The standard InChI is InChI=1S/C18H31N5OS.HI/c1-20-18(22(2)12-8-16-7-4-13-25-16)21-9-5-11-23-10-3-6-15(14-23)17(19)24;/h4,7,13,15H,3,5-6,8-12,14H2,1-2H3,(H2,19,24)(H,20,21);1H. The number of carbonyl (C=O) groups is 1. The number of piperidine rings is 1. The number of likely N-dealkylation sites (tertiary alicyclic amines) is 1. The van der Waals surface area contributed by atoms with Crippen molar-refractivity contribution in [3.8, 4) is 0 Å². The first kappa shape index (κ1) is 23.2. The second-order valence-corrected chi connectivity index (χ2v) is 7.65. The Labute approximate surface area is 178 Å². The molecule has 1 unspecified atom stereocenters. The number of guanidine groups is 1. The molecule has 1 aliphatic rings. The van der Waals surface area contributed by atoms with Crippen molar-refractivity contribution < 1.29 is 4.79 Å². The second-order valence-electron chi connectivity index (χ2n) is 6.62. The van der Waals surface area contributed by atoms with Crippen molar-refractivity contribution in [2.75, 3.05) is 46.8 Å². The highest BCUT2D eigenvalue weighted by Gasteiger charge is 2.23. The van der Waals surface area contributed by atoms with Gasteiger partial charge >= 0.3 is 0 Å². The molecule has 0 spiro atoms. The van der Waals surface area contributed by atoms with Gasteiger partial charge in [0.25, 0.3) is 0 Å². The summed E-state index contributed by atoms with van der Waals surface area (Å²) in [6.45, 7) is 4.71. The zero-order chi connectivity index (χ0) is 18.1. The van der Waals surface area contributed by atoms with Crippen molar-refractivity contribution in [3.05, 3.63) is 22.4 Å². The van der Waals surface area contributed by atoms with Gasteiger partial charge in [0, 0.05) is 38.6 Å². The SMILES string of the molecule is CN=C(NCCCN1CCCC(C(N)=O)C1)N(C)CCc1cccs1.I. The molecule has 148 valence electrons. The summed E-state index contributed by atoms with van der Waals surface area (Å²) in [6, 6.07) is 4.27. The molecule has 0 radical (unpaired) electrons. The van der Waals surface area contributed by atoms with Gasteiger partial charge in [0.05, 0.1) is 5.92 Å². The molecule has 1 saturated heterocycles. The third-order valence-electron chi connectivity index (χ3n) is 4.69. The molecule has 6 nitrogen and oxygen atoms in total. The van der Waals surface area contributed by atoms with Crippen LogP contribution in [0.4, 0.5) is 0 Å². The Bertz CT molecular complexity index is 552. The Kier molecular flexibility index (Phi) is 11.1. The fourth-order valence-corrected chi connectivity index (χ4v) is 3.92. The Hall–Kier alpha value is -0.870. The predicted molar refractivity (Wildman–Crippen MR) is 120 cm³/mol. The van der Waals surface area contributed by atoms with Crippen LogP contribution in [0.2, 0.25) is 0 Å². The van der Waals surface area contributed by atoms with E-state index in [1.807, 2.05) is 7.05 Å². The molecular weight excluding hydrogens is 461 g/mol. The highest BCUT2D eigenvalue weighted by atomic mass is 127. The van der Waals surface area contributed by atoms with E-state index in [4.69, 9.17) is 5.73 Å². The quantitative estimate of drug-likeness (QED) is 0.252. The molecule has 0 aliphatic carbocycles. The second kappa shape index (κ2) is 12.5. The third kappa shape index (κ3) is 7.79. The first-order valence-corrected chi connectivity index (χ1v) is 9.94.